The lowest BCUT2D eigenvalue weighted by Crippen LogP contribution is -2.35. The fourth-order valence-electron chi connectivity index (χ4n) is 2.24. The summed E-state index contributed by atoms with van der Waals surface area (Å²) in [6.07, 6.45) is 2.25. The lowest BCUT2D eigenvalue weighted by atomic mass is 10.1. The van der Waals surface area contributed by atoms with E-state index in [1.165, 1.54) is 11.8 Å². The topological polar surface area (TPSA) is 58.2 Å². The van der Waals surface area contributed by atoms with Crippen LogP contribution in [0.5, 0.6) is 0 Å². The number of rotatable bonds is 6. The monoisotopic (exact) mass is 340 g/mol. The van der Waals surface area contributed by atoms with Crippen LogP contribution in [0, 0.1) is 5.92 Å². The summed E-state index contributed by atoms with van der Waals surface area (Å²) in [4.78, 5) is 25.0. The first-order valence-electron chi connectivity index (χ1n) is 7.49. The second kappa shape index (κ2) is 7.88. The predicted octanol–water partition coefficient (Wildman–Crippen LogP) is 3.70. The number of fused-ring (bicyclic) bond motifs is 1. The Hall–Kier alpha value is -1.20. The van der Waals surface area contributed by atoms with Crippen LogP contribution in [-0.4, -0.2) is 23.6 Å². The van der Waals surface area contributed by atoms with Crippen LogP contribution in [0.1, 0.15) is 33.1 Å². The molecule has 4 nitrogen and oxygen atoms in total. The molecule has 0 fully saturated rings. The van der Waals surface area contributed by atoms with Crippen molar-refractivity contribution in [3.05, 3.63) is 23.2 Å². The first-order valence-corrected chi connectivity index (χ1v) is 8.75. The zero-order chi connectivity index (χ0) is 16.1. The Morgan fingerprint density at radius 1 is 1.45 bits per heavy atom. The highest BCUT2D eigenvalue weighted by atomic mass is 35.5. The zero-order valence-corrected chi connectivity index (χ0v) is 14.4. The lowest BCUT2D eigenvalue weighted by Gasteiger charge is -2.23. The zero-order valence-electron chi connectivity index (χ0n) is 12.8. The van der Waals surface area contributed by atoms with Gasteiger partial charge in [0.15, 0.2) is 0 Å². The van der Waals surface area contributed by atoms with Gasteiger partial charge in [-0.05, 0) is 37.0 Å². The molecule has 0 aromatic heterocycles. The summed E-state index contributed by atoms with van der Waals surface area (Å²) in [6, 6.07) is 5.38. The molecule has 2 N–H and O–H groups in total. The largest absolute Gasteiger partial charge is 0.356 e. The van der Waals surface area contributed by atoms with Gasteiger partial charge >= 0.3 is 0 Å². The van der Waals surface area contributed by atoms with Crippen LogP contribution in [0.2, 0.25) is 5.02 Å². The second-order valence-corrected chi connectivity index (χ2v) is 7.51. The van der Waals surface area contributed by atoms with Gasteiger partial charge in [-0.25, -0.2) is 0 Å². The Kier molecular flexibility index (Phi) is 6.15. The van der Waals surface area contributed by atoms with Crippen LogP contribution in [0.4, 0.5) is 5.69 Å². The van der Waals surface area contributed by atoms with E-state index in [1.807, 2.05) is 6.07 Å². The van der Waals surface area contributed by atoms with Gasteiger partial charge in [-0.15, -0.1) is 11.8 Å². The summed E-state index contributed by atoms with van der Waals surface area (Å²) < 4.78 is 0. The van der Waals surface area contributed by atoms with E-state index in [0.717, 1.165) is 23.4 Å². The van der Waals surface area contributed by atoms with Crippen molar-refractivity contribution >= 4 is 40.9 Å². The van der Waals surface area contributed by atoms with E-state index >= 15 is 0 Å². The van der Waals surface area contributed by atoms with E-state index in [4.69, 9.17) is 11.6 Å². The third-order valence-electron chi connectivity index (χ3n) is 3.41. The fourth-order valence-corrected chi connectivity index (χ4v) is 3.50. The Labute approximate surface area is 140 Å². The molecule has 2 rings (SSSR count). The van der Waals surface area contributed by atoms with Gasteiger partial charge in [0.05, 0.1) is 10.9 Å². The quantitative estimate of drug-likeness (QED) is 0.776. The van der Waals surface area contributed by atoms with Gasteiger partial charge in [0.2, 0.25) is 11.8 Å². The van der Waals surface area contributed by atoms with Crippen molar-refractivity contribution in [2.24, 2.45) is 5.92 Å². The summed E-state index contributed by atoms with van der Waals surface area (Å²) in [5.41, 5.74) is 0.719. The summed E-state index contributed by atoms with van der Waals surface area (Å²) in [5, 5.41) is 5.89. The van der Waals surface area contributed by atoms with E-state index in [-0.39, 0.29) is 18.2 Å². The standard InChI is InChI=1S/C16H21ClN2O2S/c1-10(2)4-3-7-18-15(20)9-14-16(21)19-12-8-11(17)5-6-13(12)22-14/h5-6,8,10,14H,3-4,7,9H2,1-2H3,(H,18,20)(H,19,21). The smallest absolute Gasteiger partial charge is 0.238 e. The van der Waals surface area contributed by atoms with Gasteiger partial charge < -0.3 is 10.6 Å². The van der Waals surface area contributed by atoms with Gasteiger partial charge in [-0.1, -0.05) is 25.4 Å². The summed E-state index contributed by atoms with van der Waals surface area (Å²) >= 11 is 7.33. The van der Waals surface area contributed by atoms with Crippen LogP contribution in [0.25, 0.3) is 0 Å². The Morgan fingerprint density at radius 2 is 2.23 bits per heavy atom. The van der Waals surface area contributed by atoms with E-state index < -0.39 is 5.25 Å². The summed E-state index contributed by atoms with van der Waals surface area (Å²) in [5.74, 6) is 0.422. The Bertz CT molecular complexity index is 563. The van der Waals surface area contributed by atoms with Crippen LogP contribution in [0.15, 0.2) is 23.1 Å². The molecule has 2 amide bonds. The molecule has 1 aliphatic heterocycles. The maximum Gasteiger partial charge on any atom is 0.238 e. The van der Waals surface area contributed by atoms with Crippen molar-refractivity contribution < 1.29 is 9.59 Å². The molecular weight excluding hydrogens is 320 g/mol. The van der Waals surface area contributed by atoms with Crippen molar-refractivity contribution in [3.63, 3.8) is 0 Å². The number of anilines is 1. The van der Waals surface area contributed by atoms with Crippen LogP contribution < -0.4 is 10.6 Å². The highest BCUT2D eigenvalue weighted by Gasteiger charge is 2.28. The maximum absolute atomic E-state index is 12.1. The molecule has 1 aromatic carbocycles. The number of thioether (sulfide) groups is 1. The van der Waals surface area contributed by atoms with Crippen LogP contribution in [0.3, 0.4) is 0 Å². The molecule has 0 bridgehead atoms. The molecule has 0 radical (unpaired) electrons. The molecule has 0 spiro atoms. The van der Waals surface area contributed by atoms with Gasteiger partial charge in [-0.2, -0.15) is 0 Å². The van der Waals surface area contributed by atoms with E-state index in [1.54, 1.807) is 12.1 Å². The number of nitrogens with one attached hydrogen (secondary N) is 2. The van der Waals surface area contributed by atoms with E-state index in [2.05, 4.69) is 24.5 Å². The third-order valence-corrected chi connectivity index (χ3v) is 4.92. The molecule has 1 heterocycles. The maximum atomic E-state index is 12.1. The first kappa shape index (κ1) is 17.2. The number of benzene rings is 1. The SMILES string of the molecule is CC(C)CCCNC(=O)CC1Sc2ccc(Cl)cc2NC1=O. The van der Waals surface area contributed by atoms with Gasteiger partial charge in [0.1, 0.15) is 0 Å². The second-order valence-electron chi connectivity index (χ2n) is 5.83. The molecular formula is C16H21ClN2O2S. The van der Waals surface area contributed by atoms with Crippen molar-refractivity contribution in [1.29, 1.82) is 0 Å². The van der Waals surface area contributed by atoms with Crippen LogP contribution >= 0.6 is 23.4 Å². The molecule has 0 aliphatic carbocycles. The van der Waals surface area contributed by atoms with Crippen molar-refractivity contribution in [1.82, 2.24) is 5.32 Å². The van der Waals surface area contributed by atoms with Crippen molar-refractivity contribution in [3.8, 4) is 0 Å². The van der Waals surface area contributed by atoms with Gasteiger partial charge in [-0.3, -0.25) is 9.59 Å². The normalized spacial score (nSPS) is 17.1. The van der Waals surface area contributed by atoms with Gasteiger partial charge in [0, 0.05) is 22.9 Å². The molecule has 1 atom stereocenters. The number of hydrogen-bond donors (Lipinski definition) is 2. The van der Waals surface area contributed by atoms with Crippen molar-refractivity contribution in [2.75, 3.05) is 11.9 Å². The Morgan fingerprint density at radius 3 is 2.95 bits per heavy atom. The number of carbonyl (C=O) groups is 2. The first-order chi connectivity index (χ1) is 10.5. The molecule has 22 heavy (non-hydrogen) atoms. The lowest BCUT2D eigenvalue weighted by molar-refractivity contribution is -0.124. The minimum absolute atomic E-state index is 0.0752. The number of halogens is 1. The number of hydrogen-bond acceptors (Lipinski definition) is 3. The summed E-state index contributed by atoms with van der Waals surface area (Å²) in [6.45, 7) is 4.99. The highest BCUT2D eigenvalue weighted by Crippen LogP contribution is 2.38. The molecule has 1 aliphatic rings. The number of amides is 2. The number of carbonyl (C=O) groups excluding carboxylic acids is 2. The van der Waals surface area contributed by atoms with E-state index in [0.29, 0.717) is 17.5 Å². The molecule has 1 aromatic rings. The van der Waals surface area contributed by atoms with E-state index in [9.17, 15) is 9.59 Å². The molecule has 120 valence electrons. The Balaban J connectivity index is 1.84. The minimum atomic E-state index is -0.390. The van der Waals surface area contributed by atoms with Gasteiger partial charge in [0.25, 0.3) is 0 Å². The minimum Gasteiger partial charge on any atom is -0.356 e. The molecule has 0 saturated carbocycles. The average molecular weight is 341 g/mol. The van der Waals surface area contributed by atoms with Crippen LogP contribution in [-0.2, 0) is 9.59 Å². The highest BCUT2D eigenvalue weighted by molar-refractivity contribution is 8.01. The fraction of sp³-hybridized carbons (Fsp3) is 0.500. The average Bonchev–Trinajstić information content (AvgIpc) is 2.44. The predicted molar refractivity (Wildman–Crippen MR) is 91.4 cm³/mol. The summed E-state index contributed by atoms with van der Waals surface area (Å²) in [7, 11) is 0. The third kappa shape index (κ3) is 4.92. The molecule has 0 saturated heterocycles. The van der Waals surface area contributed by atoms with Crippen molar-refractivity contribution in [2.45, 2.75) is 43.3 Å². The molecule has 6 heteroatoms. The molecule has 1 unspecified atom stereocenters.